The number of carbonyl (C=O) groups excluding carboxylic acids is 2. The molecule has 1 aliphatic heterocycles. The first-order valence-electron chi connectivity index (χ1n) is 6.85. The van der Waals surface area contributed by atoms with E-state index in [2.05, 4.69) is 13.8 Å². The first kappa shape index (κ1) is 16.0. The van der Waals surface area contributed by atoms with Crippen LogP contribution in [0.25, 0.3) is 0 Å². The fourth-order valence-corrected chi connectivity index (χ4v) is 2.23. The molecule has 0 aromatic heterocycles. The zero-order valence-electron chi connectivity index (χ0n) is 12.6. The SMILES string of the molecule is CC(C)CN1CC(C(=O)N(C)C(C)(C)CO)CC1=O. The highest BCUT2D eigenvalue weighted by Gasteiger charge is 2.38. The van der Waals surface area contributed by atoms with Crippen molar-refractivity contribution in [2.45, 2.75) is 39.7 Å². The van der Waals surface area contributed by atoms with Gasteiger partial charge in [0, 0.05) is 26.6 Å². The molecule has 5 heteroatoms. The number of aliphatic hydroxyl groups is 1. The standard InChI is InChI=1S/C14H26N2O3/c1-10(2)7-16-8-11(6-12(16)18)13(19)15(5)14(3,4)9-17/h10-11,17H,6-9H2,1-5H3. The van der Waals surface area contributed by atoms with Crippen LogP contribution in [0.5, 0.6) is 0 Å². The van der Waals surface area contributed by atoms with Crippen LogP contribution in [-0.2, 0) is 9.59 Å². The quantitative estimate of drug-likeness (QED) is 0.801. The van der Waals surface area contributed by atoms with Gasteiger partial charge in [-0.05, 0) is 19.8 Å². The van der Waals surface area contributed by atoms with Crippen LogP contribution >= 0.6 is 0 Å². The number of carbonyl (C=O) groups is 2. The normalized spacial score (nSPS) is 20.3. The van der Waals surface area contributed by atoms with Gasteiger partial charge in [0.2, 0.25) is 11.8 Å². The molecule has 0 bridgehead atoms. The van der Waals surface area contributed by atoms with Crippen molar-refractivity contribution in [2.24, 2.45) is 11.8 Å². The maximum absolute atomic E-state index is 12.4. The van der Waals surface area contributed by atoms with Crippen LogP contribution in [0.1, 0.15) is 34.1 Å². The molecular formula is C14H26N2O3. The average molecular weight is 270 g/mol. The van der Waals surface area contributed by atoms with Gasteiger partial charge in [0.25, 0.3) is 0 Å². The largest absolute Gasteiger partial charge is 0.394 e. The van der Waals surface area contributed by atoms with E-state index in [4.69, 9.17) is 0 Å². The van der Waals surface area contributed by atoms with Crippen molar-refractivity contribution < 1.29 is 14.7 Å². The minimum atomic E-state index is -0.592. The van der Waals surface area contributed by atoms with E-state index in [1.807, 2.05) is 13.8 Å². The summed E-state index contributed by atoms with van der Waals surface area (Å²) in [6.07, 6.45) is 0.289. The summed E-state index contributed by atoms with van der Waals surface area (Å²) in [5.74, 6) is 0.132. The second-order valence-corrected chi connectivity index (χ2v) is 6.46. The van der Waals surface area contributed by atoms with Crippen LogP contribution in [0.4, 0.5) is 0 Å². The smallest absolute Gasteiger partial charge is 0.228 e. The Kier molecular flexibility index (Phi) is 4.96. The molecule has 1 atom stereocenters. The van der Waals surface area contributed by atoms with Crippen LogP contribution in [-0.4, -0.2) is 59.0 Å². The molecule has 2 amide bonds. The molecule has 110 valence electrons. The number of hydrogen-bond donors (Lipinski definition) is 1. The topological polar surface area (TPSA) is 60.9 Å². The predicted molar refractivity (Wildman–Crippen MR) is 73.5 cm³/mol. The number of hydrogen-bond acceptors (Lipinski definition) is 3. The lowest BCUT2D eigenvalue weighted by Crippen LogP contribution is -2.50. The molecular weight excluding hydrogens is 244 g/mol. The molecule has 1 saturated heterocycles. The molecule has 5 nitrogen and oxygen atoms in total. The van der Waals surface area contributed by atoms with Gasteiger partial charge in [-0.25, -0.2) is 0 Å². The first-order chi connectivity index (χ1) is 8.69. The number of nitrogens with zero attached hydrogens (tertiary/aromatic N) is 2. The summed E-state index contributed by atoms with van der Waals surface area (Å²) >= 11 is 0. The van der Waals surface area contributed by atoms with E-state index in [1.165, 1.54) is 0 Å². The predicted octanol–water partition coefficient (Wildman–Crippen LogP) is 0.720. The highest BCUT2D eigenvalue weighted by atomic mass is 16.3. The number of rotatable bonds is 5. The van der Waals surface area contributed by atoms with Gasteiger partial charge in [-0.2, -0.15) is 0 Å². The van der Waals surface area contributed by atoms with Crippen LogP contribution < -0.4 is 0 Å². The maximum Gasteiger partial charge on any atom is 0.228 e. The van der Waals surface area contributed by atoms with Crippen molar-refractivity contribution in [3.05, 3.63) is 0 Å². The van der Waals surface area contributed by atoms with Crippen molar-refractivity contribution in [1.82, 2.24) is 9.80 Å². The summed E-state index contributed by atoms with van der Waals surface area (Å²) in [7, 11) is 1.69. The van der Waals surface area contributed by atoms with E-state index in [9.17, 15) is 14.7 Å². The molecule has 1 heterocycles. The van der Waals surface area contributed by atoms with Gasteiger partial charge < -0.3 is 14.9 Å². The fourth-order valence-electron chi connectivity index (χ4n) is 2.23. The fraction of sp³-hybridized carbons (Fsp3) is 0.857. The van der Waals surface area contributed by atoms with Gasteiger partial charge in [0.1, 0.15) is 0 Å². The second kappa shape index (κ2) is 5.90. The summed E-state index contributed by atoms with van der Waals surface area (Å²) in [5, 5.41) is 9.31. The minimum Gasteiger partial charge on any atom is -0.394 e. The highest BCUT2D eigenvalue weighted by molar-refractivity contribution is 5.89. The van der Waals surface area contributed by atoms with Crippen LogP contribution in [0, 0.1) is 11.8 Å². The average Bonchev–Trinajstić information content (AvgIpc) is 2.68. The molecule has 0 radical (unpaired) electrons. The lowest BCUT2D eigenvalue weighted by atomic mass is 10.0. The molecule has 0 saturated carbocycles. The van der Waals surface area contributed by atoms with E-state index >= 15 is 0 Å². The van der Waals surface area contributed by atoms with Crippen molar-refractivity contribution in [3.8, 4) is 0 Å². The Hall–Kier alpha value is -1.10. The van der Waals surface area contributed by atoms with Gasteiger partial charge in [-0.1, -0.05) is 13.8 Å². The van der Waals surface area contributed by atoms with Gasteiger partial charge in [0.15, 0.2) is 0 Å². The van der Waals surface area contributed by atoms with Crippen molar-refractivity contribution in [2.75, 3.05) is 26.7 Å². The van der Waals surface area contributed by atoms with E-state index in [-0.39, 0.29) is 30.8 Å². The van der Waals surface area contributed by atoms with E-state index in [1.54, 1.807) is 16.8 Å². The summed E-state index contributed by atoms with van der Waals surface area (Å²) in [5.41, 5.74) is -0.592. The number of likely N-dealkylation sites (N-methyl/N-ethyl adjacent to an activating group) is 1. The first-order valence-corrected chi connectivity index (χ1v) is 6.85. The molecule has 0 aromatic rings. The van der Waals surface area contributed by atoms with E-state index < -0.39 is 5.54 Å². The highest BCUT2D eigenvalue weighted by Crippen LogP contribution is 2.23. The molecule has 1 N–H and O–H groups in total. The Bertz CT molecular complexity index is 353. The van der Waals surface area contributed by atoms with Crippen molar-refractivity contribution in [1.29, 1.82) is 0 Å². The van der Waals surface area contributed by atoms with Gasteiger partial charge >= 0.3 is 0 Å². The molecule has 1 rings (SSSR count). The zero-order chi connectivity index (χ0) is 14.8. The molecule has 1 unspecified atom stereocenters. The van der Waals surface area contributed by atoms with Gasteiger partial charge in [0.05, 0.1) is 18.1 Å². The van der Waals surface area contributed by atoms with E-state index in [0.717, 1.165) is 0 Å². The third-order valence-electron chi connectivity index (χ3n) is 3.77. The molecule has 19 heavy (non-hydrogen) atoms. The molecule has 0 aliphatic carbocycles. The molecule has 0 spiro atoms. The van der Waals surface area contributed by atoms with Crippen molar-refractivity contribution in [3.63, 3.8) is 0 Å². The van der Waals surface area contributed by atoms with E-state index in [0.29, 0.717) is 19.0 Å². The molecule has 1 aliphatic rings. The van der Waals surface area contributed by atoms with Gasteiger partial charge in [-0.3, -0.25) is 9.59 Å². The lowest BCUT2D eigenvalue weighted by Gasteiger charge is -2.35. The Morgan fingerprint density at radius 1 is 1.53 bits per heavy atom. The Morgan fingerprint density at radius 3 is 2.58 bits per heavy atom. The van der Waals surface area contributed by atoms with Crippen LogP contribution in [0.2, 0.25) is 0 Å². The number of likely N-dealkylation sites (tertiary alicyclic amines) is 1. The second-order valence-electron chi connectivity index (χ2n) is 6.46. The minimum absolute atomic E-state index is 0.0568. The van der Waals surface area contributed by atoms with Crippen LogP contribution in [0.3, 0.4) is 0 Å². The number of amides is 2. The summed E-state index contributed by atoms with van der Waals surface area (Å²) in [4.78, 5) is 27.6. The third kappa shape index (κ3) is 3.69. The monoisotopic (exact) mass is 270 g/mol. The number of aliphatic hydroxyl groups excluding tert-OH is 1. The summed E-state index contributed by atoms with van der Waals surface area (Å²) < 4.78 is 0. The van der Waals surface area contributed by atoms with Gasteiger partial charge in [-0.15, -0.1) is 0 Å². The summed E-state index contributed by atoms with van der Waals surface area (Å²) in [6.45, 7) is 8.86. The Labute approximate surface area is 115 Å². The Morgan fingerprint density at radius 2 is 2.11 bits per heavy atom. The summed E-state index contributed by atoms with van der Waals surface area (Å²) in [6, 6.07) is 0. The third-order valence-corrected chi connectivity index (χ3v) is 3.77. The molecule has 1 fully saturated rings. The maximum atomic E-state index is 12.4. The lowest BCUT2D eigenvalue weighted by molar-refractivity contribution is -0.140. The van der Waals surface area contributed by atoms with Crippen molar-refractivity contribution >= 4 is 11.8 Å². The zero-order valence-corrected chi connectivity index (χ0v) is 12.6. The van der Waals surface area contributed by atoms with Crippen LogP contribution in [0.15, 0.2) is 0 Å². The Balaban J connectivity index is 2.68. The molecule has 0 aromatic carbocycles.